The van der Waals surface area contributed by atoms with Crippen LogP contribution in [0.25, 0.3) is 0 Å². The molecule has 0 spiro atoms. The fourth-order valence-electron chi connectivity index (χ4n) is 2.83. The lowest BCUT2D eigenvalue weighted by Gasteiger charge is -2.38. The molecule has 0 radical (unpaired) electrons. The highest BCUT2D eigenvalue weighted by atomic mass is 32.2. The monoisotopic (exact) mass is 388 g/mol. The first kappa shape index (κ1) is 18.9. The van der Waals surface area contributed by atoms with Crippen molar-refractivity contribution in [2.45, 2.75) is 36.6 Å². The van der Waals surface area contributed by atoms with Gasteiger partial charge in [0.2, 0.25) is 0 Å². The minimum atomic E-state index is -3.79. The number of carbonyl (C=O) groups is 2. The molecule has 0 aromatic heterocycles. The molecule has 142 valence electrons. The number of hydrogen-bond acceptors (Lipinski definition) is 4. The number of anilines is 1. The van der Waals surface area contributed by atoms with Crippen molar-refractivity contribution in [3.05, 3.63) is 59.7 Å². The molecule has 0 heterocycles. The highest BCUT2D eigenvalue weighted by Gasteiger charge is 2.45. The summed E-state index contributed by atoms with van der Waals surface area (Å²) >= 11 is 0. The van der Waals surface area contributed by atoms with Gasteiger partial charge in [-0.25, -0.2) is 13.2 Å². The normalized spacial score (nSPS) is 15.4. The number of carboxylic acids is 1. The van der Waals surface area contributed by atoms with Crippen molar-refractivity contribution in [2.24, 2.45) is 0 Å². The first-order valence-electron chi connectivity index (χ1n) is 8.47. The number of sulfonamides is 1. The van der Waals surface area contributed by atoms with Gasteiger partial charge in [0.1, 0.15) is 5.54 Å². The zero-order valence-electron chi connectivity index (χ0n) is 14.7. The summed E-state index contributed by atoms with van der Waals surface area (Å²) in [4.78, 5) is 23.7. The van der Waals surface area contributed by atoms with Crippen LogP contribution in [-0.2, 0) is 14.8 Å². The molecule has 1 aliphatic rings. The van der Waals surface area contributed by atoms with E-state index >= 15 is 0 Å². The molecule has 0 saturated heterocycles. The van der Waals surface area contributed by atoms with E-state index in [-0.39, 0.29) is 10.5 Å². The van der Waals surface area contributed by atoms with Crippen molar-refractivity contribution in [1.82, 2.24) is 5.32 Å². The molecule has 1 amide bonds. The fraction of sp³-hybridized carbons (Fsp3) is 0.263. The van der Waals surface area contributed by atoms with Gasteiger partial charge in [-0.3, -0.25) is 9.52 Å². The number of rotatable bonds is 6. The van der Waals surface area contributed by atoms with Crippen molar-refractivity contribution in [3.63, 3.8) is 0 Å². The Hall–Kier alpha value is -2.87. The molecule has 1 fully saturated rings. The standard InChI is InChI=1S/C19H20N2O5S/c1-13-3-7-15(8-4-13)21-27(25,26)16-9-5-14(6-10-16)17(22)20-19(18(23)24)11-2-12-19/h3-10,21H,2,11-12H2,1H3,(H,20,22)(H,23,24). The second-order valence-corrected chi connectivity index (χ2v) is 8.37. The van der Waals surface area contributed by atoms with Gasteiger partial charge in [0, 0.05) is 11.3 Å². The molecule has 0 aliphatic heterocycles. The van der Waals surface area contributed by atoms with Crippen LogP contribution in [0.5, 0.6) is 0 Å². The number of carboxylic acid groups (broad SMARTS) is 1. The summed E-state index contributed by atoms with van der Waals surface area (Å²) in [7, 11) is -3.79. The molecule has 27 heavy (non-hydrogen) atoms. The zero-order chi connectivity index (χ0) is 19.7. The molecule has 2 aromatic rings. The van der Waals surface area contributed by atoms with E-state index in [0.29, 0.717) is 18.5 Å². The molecule has 0 unspecified atom stereocenters. The van der Waals surface area contributed by atoms with Crippen LogP contribution in [-0.4, -0.2) is 30.9 Å². The van der Waals surface area contributed by atoms with Crippen molar-refractivity contribution >= 4 is 27.6 Å². The minimum absolute atomic E-state index is 0.0104. The lowest BCUT2D eigenvalue weighted by atomic mass is 9.76. The molecule has 3 N–H and O–H groups in total. The van der Waals surface area contributed by atoms with Crippen LogP contribution in [0.15, 0.2) is 53.4 Å². The summed E-state index contributed by atoms with van der Waals surface area (Å²) in [6.07, 6.45) is 1.52. The van der Waals surface area contributed by atoms with Crippen LogP contribution in [0, 0.1) is 6.92 Å². The third kappa shape index (κ3) is 3.95. The molecule has 1 aliphatic carbocycles. The summed E-state index contributed by atoms with van der Waals surface area (Å²) in [5.74, 6) is -1.59. The lowest BCUT2D eigenvalue weighted by Crippen LogP contribution is -2.59. The van der Waals surface area contributed by atoms with E-state index < -0.39 is 27.4 Å². The van der Waals surface area contributed by atoms with Crippen molar-refractivity contribution in [2.75, 3.05) is 4.72 Å². The first-order chi connectivity index (χ1) is 12.7. The van der Waals surface area contributed by atoms with E-state index in [1.165, 1.54) is 24.3 Å². The van der Waals surface area contributed by atoms with E-state index in [0.717, 1.165) is 12.0 Å². The van der Waals surface area contributed by atoms with Gasteiger partial charge in [-0.2, -0.15) is 0 Å². The second kappa shape index (κ2) is 7.03. The maximum absolute atomic E-state index is 12.5. The summed E-state index contributed by atoms with van der Waals surface area (Å²) in [5, 5.41) is 11.8. The van der Waals surface area contributed by atoms with E-state index in [9.17, 15) is 23.1 Å². The highest BCUT2D eigenvalue weighted by Crippen LogP contribution is 2.32. The van der Waals surface area contributed by atoms with Crippen LogP contribution in [0.2, 0.25) is 0 Å². The Morgan fingerprint density at radius 2 is 1.59 bits per heavy atom. The third-order valence-corrected chi connectivity index (χ3v) is 6.10. The number of amides is 1. The topological polar surface area (TPSA) is 113 Å². The van der Waals surface area contributed by atoms with Gasteiger partial charge in [-0.1, -0.05) is 17.7 Å². The van der Waals surface area contributed by atoms with Gasteiger partial charge in [-0.15, -0.1) is 0 Å². The maximum Gasteiger partial charge on any atom is 0.329 e. The summed E-state index contributed by atoms with van der Waals surface area (Å²) in [5.41, 5.74) is 0.445. The number of nitrogens with one attached hydrogen (secondary N) is 2. The maximum atomic E-state index is 12.5. The van der Waals surface area contributed by atoms with Gasteiger partial charge < -0.3 is 10.4 Å². The Balaban J connectivity index is 1.73. The quantitative estimate of drug-likeness (QED) is 0.704. The van der Waals surface area contributed by atoms with E-state index in [1.54, 1.807) is 24.3 Å². The Labute approximate surface area is 157 Å². The summed E-state index contributed by atoms with van der Waals surface area (Å²) in [6.45, 7) is 1.90. The van der Waals surface area contributed by atoms with Crippen molar-refractivity contribution in [3.8, 4) is 0 Å². The molecule has 0 atom stereocenters. The fourth-order valence-corrected chi connectivity index (χ4v) is 3.89. The number of hydrogen-bond donors (Lipinski definition) is 3. The van der Waals surface area contributed by atoms with Crippen LogP contribution in [0.4, 0.5) is 5.69 Å². The molecule has 3 rings (SSSR count). The molecular weight excluding hydrogens is 368 g/mol. The van der Waals surface area contributed by atoms with Crippen LogP contribution < -0.4 is 10.0 Å². The van der Waals surface area contributed by atoms with Crippen molar-refractivity contribution in [1.29, 1.82) is 0 Å². The average molecular weight is 388 g/mol. The third-order valence-electron chi connectivity index (χ3n) is 4.70. The van der Waals surface area contributed by atoms with Gasteiger partial charge in [-0.05, 0) is 62.6 Å². The predicted octanol–water partition coefficient (Wildman–Crippen LogP) is 2.53. The highest BCUT2D eigenvalue weighted by molar-refractivity contribution is 7.92. The number of benzene rings is 2. The van der Waals surface area contributed by atoms with Crippen LogP contribution >= 0.6 is 0 Å². The van der Waals surface area contributed by atoms with Gasteiger partial charge in [0.15, 0.2) is 0 Å². The molecule has 1 saturated carbocycles. The molecule has 8 heteroatoms. The van der Waals surface area contributed by atoms with E-state index in [2.05, 4.69) is 10.0 Å². The SMILES string of the molecule is Cc1ccc(NS(=O)(=O)c2ccc(C(=O)NC3(C(=O)O)CCC3)cc2)cc1. The van der Waals surface area contributed by atoms with Crippen LogP contribution in [0.3, 0.4) is 0 Å². The van der Waals surface area contributed by atoms with E-state index in [4.69, 9.17) is 0 Å². The number of aliphatic carboxylic acids is 1. The van der Waals surface area contributed by atoms with Crippen molar-refractivity contribution < 1.29 is 23.1 Å². The average Bonchev–Trinajstić information content (AvgIpc) is 2.59. The van der Waals surface area contributed by atoms with Crippen LogP contribution in [0.1, 0.15) is 35.2 Å². The predicted molar refractivity (Wildman–Crippen MR) is 100 cm³/mol. The molecule has 7 nitrogen and oxygen atoms in total. The number of aryl methyl sites for hydroxylation is 1. The Kier molecular flexibility index (Phi) is 4.93. The van der Waals surface area contributed by atoms with Gasteiger partial charge in [0.05, 0.1) is 4.90 Å². The number of carbonyl (C=O) groups excluding carboxylic acids is 1. The smallest absolute Gasteiger partial charge is 0.329 e. The molecule has 2 aromatic carbocycles. The minimum Gasteiger partial charge on any atom is -0.480 e. The van der Waals surface area contributed by atoms with E-state index in [1.807, 2.05) is 6.92 Å². The molecular formula is C19H20N2O5S. The summed E-state index contributed by atoms with van der Waals surface area (Å²) < 4.78 is 27.4. The lowest BCUT2D eigenvalue weighted by molar-refractivity contribution is -0.148. The van der Waals surface area contributed by atoms with Gasteiger partial charge >= 0.3 is 5.97 Å². The Bertz CT molecular complexity index is 962. The first-order valence-corrected chi connectivity index (χ1v) is 9.96. The second-order valence-electron chi connectivity index (χ2n) is 6.69. The summed E-state index contributed by atoms with van der Waals surface area (Å²) in [6, 6.07) is 12.3. The zero-order valence-corrected chi connectivity index (χ0v) is 15.5. The Morgan fingerprint density at radius 1 is 1.00 bits per heavy atom. The van der Waals surface area contributed by atoms with Gasteiger partial charge in [0.25, 0.3) is 15.9 Å². The molecule has 0 bridgehead atoms. The Morgan fingerprint density at radius 3 is 2.07 bits per heavy atom. The largest absolute Gasteiger partial charge is 0.480 e.